The van der Waals surface area contributed by atoms with E-state index in [1.165, 1.54) is 29.5 Å². The number of carbonyl (C=O) groups is 2. The van der Waals surface area contributed by atoms with Crippen LogP contribution in [0.15, 0.2) is 28.5 Å². The van der Waals surface area contributed by atoms with Crippen LogP contribution in [-0.4, -0.2) is 35.6 Å². The summed E-state index contributed by atoms with van der Waals surface area (Å²) in [5.41, 5.74) is 1.04. The highest BCUT2D eigenvalue weighted by Crippen LogP contribution is 2.32. The molecule has 0 spiro atoms. The maximum atomic E-state index is 12.6. The van der Waals surface area contributed by atoms with Crippen molar-refractivity contribution in [1.29, 1.82) is 0 Å². The summed E-state index contributed by atoms with van der Waals surface area (Å²) in [6.07, 6.45) is 0. The smallest absolute Gasteiger partial charge is 0.269 e. The van der Waals surface area contributed by atoms with Gasteiger partial charge in [-0.1, -0.05) is 13.8 Å². The Kier molecular flexibility index (Phi) is 5.09. The van der Waals surface area contributed by atoms with Crippen LogP contribution in [0.1, 0.15) is 65.0 Å². The van der Waals surface area contributed by atoms with Gasteiger partial charge in [0.05, 0.1) is 22.8 Å². The summed E-state index contributed by atoms with van der Waals surface area (Å²) in [4.78, 5) is 29.1. The van der Waals surface area contributed by atoms with Crippen LogP contribution in [0.25, 0.3) is 0 Å². The summed E-state index contributed by atoms with van der Waals surface area (Å²) >= 11 is 1.54. The van der Waals surface area contributed by atoms with E-state index in [4.69, 9.17) is 0 Å². The number of sulfonamides is 1. The highest BCUT2D eigenvalue weighted by Gasteiger charge is 2.42. The van der Waals surface area contributed by atoms with Gasteiger partial charge in [-0.25, -0.2) is 17.7 Å². The Balaban J connectivity index is 1.80. The van der Waals surface area contributed by atoms with E-state index < -0.39 is 27.9 Å². The number of carbonyl (C=O) groups excluding carboxylic acids is 2. The molecule has 0 radical (unpaired) electrons. The molecule has 1 aromatic heterocycles. The summed E-state index contributed by atoms with van der Waals surface area (Å²) in [7, 11) is -3.93. The first-order valence-electron chi connectivity index (χ1n) is 8.58. The van der Waals surface area contributed by atoms with Crippen molar-refractivity contribution < 1.29 is 18.0 Å². The Morgan fingerprint density at radius 1 is 1.26 bits per heavy atom. The Hall–Kier alpha value is -2.26. The summed E-state index contributed by atoms with van der Waals surface area (Å²) in [6.45, 7) is 7.62. The highest BCUT2D eigenvalue weighted by atomic mass is 32.2. The number of hydrogen-bond donors (Lipinski definition) is 1. The number of amides is 2. The van der Waals surface area contributed by atoms with Crippen LogP contribution in [-0.2, 0) is 16.6 Å². The predicted molar refractivity (Wildman–Crippen MR) is 102 cm³/mol. The average molecular weight is 408 g/mol. The molecule has 0 bridgehead atoms. The molecule has 0 aliphatic carbocycles. The Labute approximate surface area is 162 Å². The minimum Gasteiger partial charge on any atom is -0.346 e. The van der Waals surface area contributed by atoms with Gasteiger partial charge in [0.2, 0.25) is 0 Å². The molecule has 1 aliphatic rings. The molecule has 0 atom stereocenters. The van der Waals surface area contributed by atoms with E-state index in [2.05, 4.69) is 10.3 Å². The van der Waals surface area contributed by atoms with Crippen molar-refractivity contribution in [1.82, 2.24) is 14.6 Å². The fourth-order valence-corrected chi connectivity index (χ4v) is 5.47. The zero-order valence-corrected chi connectivity index (χ0v) is 17.1. The molecule has 9 heteroatoms. The van der Waals surface area contributed by atoms with Crippen molar-refractivity contribution in [3.8, 4) is 0 Å². The van der Waals surface area contributed by atoms with E-state index in [1.807, 2.05) is 19.2 Å². The van der Waals surface area contributed by atoms with Crippen LogP contribution in [0.4, 0.5) is 0 Å². The largest absolute Gasteiger partial charge is 0.346 e. The third-order valence-corrected chi connectivity index (χ3v) is 7.37. The predicted octanol–water partition coefficient (Wildman–Crippen LogP) is 2.75. The number of benzene rings is 1. The maximum Gasteiger partial charge on any atom is 0.269 e. The van der Waals surface area contributed by atoms with E-state index in [-0.39, 0.29) is 22.6 Å². The van der Waals surface area contributed by atoms with Gasteiger partial charge >= 0.3 is 0 Å². The van der Waals surface area contributed by atoms with Crippen LogP contribution in [0.2, 0.25) is 0 Å². The van der Waals surface area contributed by atoms with Crippen LogP contribution >= 0.6 is 11.3 Å². The third-order valence-electron chi connectivity index (χ3n) is 4.17. The average Bonchev–Trinajstić information content (AvgIpc) is 3.14. The summed E-state index contributed by atoms with van der Waals surface area (Å²) in [5, 5.41) is 5.63. The van der Waals surface area contributed by atoms with Crippen molar-refractivity contribution in [2.75, 3.05) is 0 Å². The van der Waals surface area contributed by atoms with Crippen LogP contribution in [0, 0.1) is 0 Å². The summed E-state index contributed by atoms with van der Waals surface area (Å²) < 4.78 is 26.1. The van der Waals surface area contributed by atoms with E-state index in [1.54, 1.807) is 13.8 Å². The monoisotopic (exact) mass is 407 g/mol. The molecule has 3 rings (SSSR count). The molecular formula is C18H21N3O4S2. The van der Waals surface area contributed by atoms with Gasteiger partial charge in [0, 0.05) is 22.9 Å². The van der Waals surface area contributed by atoms with Gasteiger partial charge in [-0.3, -0.25) is 9.59 Å². The topological polar surface area (TPSA) is 96.4 Å². The Morgan fingerprint density at radius 2 is 1.96 bits per heavy atom. The summed E-state index contributed by atoms with van der Waals surface area (Å²) in [6, 6.07) is 3.63. The van der Waals surface area contributed by atoms with Gasteiger partial charge in [0.15, 0.2) is 0 Å². The molecule has 2 aromatic rings. The van der Waals surface area contributed by atoms with E-state index in [0.717, 1.165) is 15.0 Å². The second-order valence-corrected chi connectivity index (χ2v) is 9.60. The standard InChI is InChI=1S/C18H21N3O4S2/c1-10(2)17-20-13(9-26-17)8-19-16(22)12-5-6-14-15(7-12)27(24,25)21(11(3)4)18(14)23/h5-7,9-11H,8H2,1-4H3,(H,19,22). The minimum atomic E-state index is -3.93. The molecule has 0 fully saturated rings. The van der Waals surface area contributed by atoms with Gasteiger partial charge in [0.25, 0.3) is 21.8 Å². The zero-order valence-electron chi connectivity index (χ0n) is 15.5. The molecular weight excluding hydrogens is 386 g/mol. The normalized spacial score (nSPS) is 15.5. The molecule has 1 N–H and O–H groups in total. The number of hydrogen-bond acceptors (Lipinski definition) is 6. The van der Waals surface area contributed by atoms with E-state index >= 15 is 0 Å². The molecule has 0 unspecified atom stereocenters. The lowest BCUT2D eigenvalue weighted by Crippen LogP contribution is -2.36. The first kappa shape index (κ1) is 19.5. The van der Waals surface area contributed by atoms with Crippen molar-refractivity contribution in [3.63, 3.8) is 0 Å². The number of nitrogens with one attached hydrogen (secondary N) is 1. The lowest BCUT2D eigenvalue weighted by Gasteiger charge is -2.18. The SMILES string of the molecule is CC(C)c1nc(CNC(=O)c2ccc3c(c2)S(=O)(=O)N(C(C)C)C3=O)cs1. The van der Waals surface area contributed by atoms with Gasteiger partial charge in [-0.05, 0) is 32.0 Å². The fraction of sp³-hybridized carbons (Fsp3) is 0.389. The van der Waals surface area contributed by atoms with Gasteiger partial charge < -0.3 is 5.32 Å². The van der Waals surface area contributed by atoms with Crippen LogP contribution in [0.5, 0.6) is 0 Å². The number of nitrogens with zero attached hydrogens (tertiary/aromatic N) is 2. The maximum absolute atomic E-state index is 12.6. The molecule has 1 aromatic carbocycles. The zero-order chi connectivity index (χ0) is 19.9. The molecule has 2 amide bonds. The van der Waals surface area contributed by atoms with Gasteiger partial charge in [0.1, 0.15) is 4.90 Å². The molecule has 0 saturated carbocycles. The Bertz CT molecular complexity index is 1010. The van der Waals surface area contributed by atoms with E-state index in [0.29, 0.717) is 5.92 Å². The second kappa shape index (κ2) is 7.05. The first-order chi connectivity index (χ1) is 12.6. The van der Waals surface area contributed by atoms with Crippen molar-refractivity contribution in [2.45, 2.75) is 51.1 Å². The number of thiazole rings is 1. The minimum absolute atomic E-state index is 0.0985. The quantitative estimate of drug-likeness (QED) is 0.822. The third kappa shape index (κ3) is 3.49. The molecule has 1 aliphatic heterocycles. The number of fused-ring (bicyclic) bond motifs is 1. The second-order valence-electron chi connectivity index (χ2n) is 6.93. The van der Waals surface area contributed by atoms with Crippen molar-refractivity contribution in [2.24, 2.45) is 0 Å². The molecule has 7 nitrogen and oxygen atoms in total. The lowest BCUT2D eigenvalue weighted by atomic mass is 10.1. The van der Waals surface area contributed by atoms with E-state index in [9.17, 15) is 18.0 Å². The fourth-order valence-electron chi connectivity index (χ4n) is 2.84. The number of rotatable bonds is 5. The van der Waals surface area contributed by atoms with Gasteiger partial charge in [-0.15, -0.1) is 11.3 Å². The first-order valence-corrected chi connectivity index (χ1v) is 10.9. The Morgan fingerprint density at radius 3 is 2.56 bits per heavy atom. The molecule has 144 valence electrons. The molecule has 27 heavy (non-hydrogen) atoms. The lowest BCUT2D eigenvalue weighted by molar-refractivity contribution is 0.0845. The van der Waals surface area contributed by atoms with Crippen LogP contribution in [0.3, 0.4) is 0 Å². The highest BCUT2D eigenvalue weighted by molar-refractivity contribution is 7.90. The van der Waals surface area contributed by atoms with Crippen molar-refractivity contribution in [3.05, 3.63) is 45.4 Å². The summed E-state index contributed by atoms with van der Waals surface area (Å²) in [5.74, 6) is -0.652. The molecule has 2 heterocycles. The number of aromatic nitrogens is 1. The van der Waals surface area contributed by atoms with Gasteiger partial charge in [-0.2, -0.15) is 0 Å². The van der Waals surface area contributed by atoms with Crippen LogP contribution < -0.4 is 5.32 Å². The molecule has 0 saturated heterocycles. The van der Waals surface area contributed by atoms with Crippen molar-refractivity contribution >= 4 is 33.2 Å².